The van der Waals surface area contributed by atoms with Gasteiger partial charge in [0, 0.05) is 0 Å². The predicted molar refractivity (Wildman–Crippen MR) is 102 cm³/mol. The first-order valence-electron chi connectivity index (χ1n) is 10.6. The Morgan fingerprint density at radius 1 is 0.657 bits per heavy atom. The van der Waals surface area contributed by atoms with Crippen molar-refractivity contribution < 1.29 is 84.7 Å². The number of ether oxygens (including phenoxy) is 5. The Balaban J connectivity index is 1.73. The number of rotatable bonds is 7. The molecule has 0 bridgehead atoms. The molecule has 3 rings (SSSR count). The SMILES string of the molecule is O=C(O)[C@H]1O[C@@H](OC[C@H]2OC(O)[C@H](O)[C@@H](O)[C@@H]2O[C@@H]2O[C@H](CO)[C@@H](O)[C@H](O)[C@H]2O)[C@H](O)[C@@H](O)[C@@H]1O. The second-order valence-corrected chi connectivity index (χ2v) is 8.41. The summed E-state index contributed by atoms with van der Waals surface area (Å²) in [4.78, 5) is 11.2. The highest BCUT2D eigenvalue weighted by atomic mass is 16.7. The molecule has 11 N–H and O–H groups in total. The van der Waals surface area contributed by atoms with Crippen LogP contribution in [-0.2, 0) is 28.5 Å². The third kappa shape index (κ3) is 5.74. The van der Waals surface area contributed by atoms with Crippen molar-refractivity contribution in [1.29, 1.82) is 0 Å². The molecule has 17 nitrogen and oxygen atoms in total. The van der Waals surface area contributed by atoms with Crippen LogP contribution in [0.4, 0.5) is 0 Å². The zero-order chi connectivity index (χ0) is 26.2. The molecule has 0 aromatic rings. The van der Waals surface area contributed by atoms with Gasteiger partial charge in [0.25, 0.3) is 0 Å². The first-order chi connectivity index (χ1) is 16.4. The summed E-state index contributed by atoms with van der Waals surface area (Å²) in [5, 5.41) is 108. The molecule has 0 saturated carbocycles. The molecule has 3 heterocycles. The van der Waals surface area contributed by atoms with Crippen molar-refractivity contribution in [2.75, 3.05) is 13.2 Å². The maximum atomic E-state index is 11.2. The van der Waals surface area contributed by atoms with Gasteiger partial charge in [-0.15, -0.1) is 0 Å². The molecule has 0 aromatic carbocycles. The van der Waals surface area contributed by atoms with Crippen LogP contribution < -0.4 is 0 Å². The van der Waals surface area contributed by atoms with Gasteiger partial charge in [0.05, 0.1) is 13.2 Å². The molecular weight excluding hydrogens is 488 g/mol. The minimum absolute atomic E-state index is 0.736. The van der Waals surface area contributed by atoms with Crippen LogP contribution >= 0.6 is 0 Å². The Bertz CT molecular complexity index is 709. The second-order valence-electron chi connectivity index (χ2n) is 8.41. The third-order valence-electron chi connectivity index (χ3n) is 6.04. The van der Waals surface area contributed by atoms with Gasteiger partial charge in [0.2, 0.25) is 0 Å². The van der Waals surface area contributed by atoms with Gasteiger partial charge in [-0.05, 0) is 0 Å². The number of aliphatic hydroxyl groups is 10. The Morgan fingerprint density at radius 2 is 1.26 bits per heavy atom. The van der Waals surface area contributed by atoms with E-state index in [1.165, 1.54) is 0 Å². The van der Waals surface area contributed by atoms with Crippen LogP contribution in [-0.4, -0.2) is 167 Å². The maximum absolute atomic E-state index is 11.2. The van der Waals surface area contributed by atoms with Gasteiger partial charge < -0.3 is 79.9 Å². The number of hydrogen-bond donors (Lipinski definition) is 11. The minimum Gasteiger partial charge on any atom is -0.479 e. The van der Waals surface area contributed by atoms with Crippen molar-refractivity contribution in [2.45, 2.75) is 92.1 Å². The molecule has 0 spiro atoms. The first-order valence-corrected chi connectivity index (χ1v) is 10.6. The van der Waals surface area contributed by atoms with E-state index in [-0.39, 0.29) is 0 Å². The van der Waals surface area contributed by atoms with Crippen molar-refractivity contribution >= 4 is 5.97 Å². The summed E-state index contributed by atoms with van der Waals surface area (Å²) in [7, 11) is 0. The Kier molecular flexibility index (Phi) is 9.35. The molecule has 0 aliphatic carbocycles. The normalized spacial score (nSPS) is 51.2. The van der Waals surface area contributed by atoms with Crippen LogP contribution in [0.25, 0.3) is 0 Å². The van der Waals surface area contributed by atoms with E-state index in [1.54, 1.807) is 0 Å². The van der Waals surface area contributed by atoms with Gasteiger partial charge in [0.1, 0.15) is 67.1 Å². The number of aliphatic carboxylic acids is 1. The van der Waals surface area contributed by atoms with Crippen molar-refractivity contribution in [3.05, 3.63) is 0 Å². The summed E-state index contributed by atoms with van der Waals surface area (Å²) in [5.41, 5.74) is 0. The van der Waals surface area contributed by atoms with Crippen molar-refractivity contribution in [3.63, 3.8) is 0 Å². The van der Waals surface area contributed by atoms with E-state index in [9.17, 15) is 55.9 Å². The Hall–Kier alpha value is -1.13. The second kappa shape index (κ2) is 11.5. The van der Waals surface area contributed by atoms with Gasteiger partial charge in [-0.1, -0.05) is 0 Å². The molecule has 35 heavy (non-hydrogen) atoms. The summed E-state index contributed by atoms with van der Waals surface area (Å²) < 4.78 is 26.0. The van der Waals surface area contributed by atoms with Crippen LogP contribution in [0.5, 0.6) is 0 Å². The molecule has 3 fully saturated rings. The fourth-order valence-corrected chi connectivity index (χ4v) is 3.94. The smallest absolute Gasteiger partial charge is 0.335 e. The van der Waals surface area contributed by atoms with Crippen molar-refractivity contribution in [2.24, 2.45) is 0 Å². The fraction of sp³-hybridized carbons (Fsp3) is 0.944. The van der Waals surface area contributed by atoms with E-state index in [1.807, 2.05) is 0 Å². The monoisotopic (exact) mass is 518 g/mol. The molecule has 0 aromatic heterocycles. The minimum atomic E-state index is -1.98. The lowest BCUT2D eigenvalue weighted by Crippen LogP contribution is -2.65. The largest absolute Gasteiger partial charge is 0.479 e. The Morgan fingerprint density at radius 3 is 1.86 bits per heavy atom. The summed E-state index contributed by atoms with van der Waals surface area (Å²) >= 11 is 0. The predicted octanol–water partition coefficient (Wildman–Crippen LogP) is -7.48. The van der Waals surface area contributed by atoms with E-state index in [4.69, 9.17) is 28.8 Å². The van der Waals surface area contributed by atoms with Crippen LogP contribution in [0.15, 0.2) is 0 Å². The zero-order valence-corrected chi connectivity index (χ0v) is 17.9. The van der Waals surface area contributed by atoms with Gasteiger partial charge in [-0.3, -0.25) is 0 Å². The highest BCUT2D eigenvalue weighted by molar-refractivity contribution is 5.73. The topological polar surface area (TPSA) is 286 Å². The summed E-state index contributed by atoms with van der Waals surface area (Å²) in [5.74, 6) is -1.66. The van der Waals surface area contributed by atoms with Crippen LogP contribution in [0.1, 0.15) is 0 Å². The number of carbonyl (C=O) groups is 1. The standard InChI is InChI=1S/C18H30O17/c19-1-3-5(20)6(21)12(27)18(33-3)34-13-4(32-16(30)10(25)9(13)24)2-31-17-11(26)7(22)8(23)14(35-17)15(28)29/h3-14,16-27,30H,1-2H2,(H,28,29)/t3-,4-,5-,6+,7+,8+,9-,10-,11-,12-,13-,14+,16?,17-,18+/m1/s1. The average molecular weight is 518 g/mol. The molecule has 3 aliphatic heterocycles. The van der Waals surface area contributed by atoms with Crippen LogP contribution in [0.2, 0.25) is 0 Å². The lowest BCUT2D eigenvalue weighted by molar-refractivity contribution is -0.362. The average Bonchev–Trinajstić information content (AvgIpc) is 2.82. The quantitative estimate of drug-likeness (QED) is 0.149. The highest BCUT2D eigenvalue weighted by Gasteiger charge is 2.52. The van der Waals surface area contributed by atoms with Gasteiger partial charge in [-0.25, -0.2) is 4.79 Å². The lowest BCUT2D eigenvalue weighted by atomic mass is 9.97. The maximum Gasteiger partial charge on any atom is 0.335 e. The summed E-state index contributed by atoms with van der Waals surface area (Å²) in [6, 6.07) is 0. The van der Waals surface area contributed by atoms with Gasteiger partial charge >= 0.3 is 5.97 Å². The van der Waals surface area contributed by atoms with Crippen LogP contribution in [0.3, 0.4) is 0 Å². The van der Waals surface area contributed by atoms with E-state index in [0.717, 1.165) is 0 Å². The van der Waals surface area contributed by atoms with E-state index in [0.29, 0.717) is 0 Å². The molecule has 204 valence electrons. The molecule has 0 radical (unpaired) electrons. The zero-order valence-electron chi connectivity index (χ0n) is 17.9. The molecule has 15 atom stereocenters. The molecular formula is C18H30O17. The molecule has 0 amide bonds. The summed E-state index contributed by atoms with van der Waals surface area (Å²) in [6.07, 6.45) is -27.2. The van der Waals surface area contributed by atoms with Crippen molar-refractivity contribution in [3.8, 4) is 0 Å². The van der Waals surface area contributed by atoms with E-state index in [2.05, 4.69) is 0 Å². The van der Waals surface area contributed by atoms with Crippen LogP contribution in [0, 0.1) is 0 Å². The molecule has 3 aliphatic rings. The highest BCUT2D eigenvalue weighted by Crippen LogP contribution is 2.30. The third-order valence-corrected chi connectivity index (χ3v) is 6.04. The number of hydrogen-bond acceptors (Lipinski definition) is 16. The molecule has 1 unspecified atom stereocenters. The molecule has 3 saturated heterocycles. The molecule has 17 heteroatoms. The van der Waals surface area contributed by atoms with E-state index < -0.39 is 111 Å². The van der Waals surface area contributed by atoms with Gasteiger partial charge in [-0.2, -0.15) is 0 Å². The number of aliphatic hydroxyl groups excluding tert-OH is 10. The summed E-state index contributed by atoms with van der Waals surface area (Å²) in [6.45, 7) is -1.52. The Labute approximate surface area is 196 Å². The van der Waals surface area contributed by atoms with E-state index >= 15 is 0 Å². The number of carboxylic acid groups (broad SMARTS) is 1. The fourth-order valence-electron chi connectivity index (χ4n) is 3.94. The first kappa shape index (κ1) is 28.4. The number of carboxylic acids is 1. The lowest BCUT2D eigenvalue weighted by Gasteiger charge is -2.46. The van der Waals surface area contributed by atoms with Gasteiger partial charge in [0.15, 0.2) is 25.0 Å². The van der Waals surface area contributed by atoms with Crippen molar-refractivity contribution in [1.82, 2.24) is 0 Å².